The second-order valence-electron chi connectivity index (χ2n) is 4.11. The molecule has 0 aromatic carbocycles. The Morgan fingerprint density at radius 3 is 2.62 bits per heavy atom. The summed E-state index contributed by atoms with van der Waals surface area (Å²) in [6, 6.07) is 2.04. The van der Waals surface area contributed by atoms with Gasteiger partial charge in [-0.25, -0.2) is 9.67 Å². The first-order chi connectivity index (χ1) is 7.54. The molecule has 2 aromatic rings. The largest absolute Gasteiger partial charge is 0.373 e. The van der Waals surface area contributed by atoms with Gasteiger partial charge >= 0.3 is 0 Å². The van der Waals surface area contributed by atoms with Crippen LogP contribution in [0.15, 0.2) is 6.07 Å². The monoisotopic (exact) mass is 219 g/mol. The van der Waals surface area contributed by atoms with Gasteiger partial charge in [-0.05, 0) is 18.6 Å². The molecule has 5 nitrogen and oxygen atoms in total. The van der Waals surface area contributed by atoms with E-state index in [1.807, 2.05) is 43.8 Å². The third kappa shape index (κ3) is 1.48. The third-order valence-electron chi connectivity index (χ3n) is 2.65. The first-order valence-corrected chi connectivity index (χ1v) is 5.24. The number of nitrogens with zero attached hydrogens (tertiary/aromatic N) is 4. The van der Waals surface area contributed by atoms with Gasteiger partial charge in [0.25, 0.3) is 0 Å². The van der Waals surface area contributed by atoms with E-state index in [9.17, 15) is 0 Å². The molecule has 0 amide bonds. The molecule has 0 spiro atoms. The van der Waals surface area contributed by atoms with E-state index in [0.717, 1.165) is 22.7 Å². The number of hydrogen-bond acceptors (Lipinski definition) is 4. The predicted molar refractivity (Wildman–Crippen MR) is 67.1 cm³/mol. The molecule has 0 saturated heterocycles. The van der Waals surface area contributed by atoms with Crippen LogP contribution in [-0.2, 0) is 7.05 Å². The minimum absolute atomic E-state index is 0.873. The Morgan fingerprint density at radius 1 is 1.38 bits per heavy atom. The molecule has 5 heteroatoms. The van der Waals surface area contributed by atoms with E-state index in [1.165, 1.54) is 5.56 Å². The maximum absolute atomic E-state index is 4.52. The Morgan fingerprint density at radius 2 is 2.06 bits per heavy atom. The van der Waals surface area contributed by atoms with E-state index in [2.05, 4.69) is 22.3 Å². The molecule has 2 heterocycles. The molecule has 0 unspecified atom stereocenters. The van der Waals surface area contributed by atoms with Crippen LogP contribution in [0.5, 0.6) is 0 Å². The van der Waals surface area contributed by atoms with Gasteiger partial charge in [-0.1, -0.05) is 0 Å². The van der Waals surface area contributed by atoms with Crippen molar-refractivity contribution in [3.63, 3.8) is 0 Å². The fourth-order valence-electron chi connectivity index (χ4n) is 1.85. The fourth-order valence-corrected chi connectivity index (χ4v) is 1.85. The van der Waals surface area contributed by atoms with E-state index in [4.69, 9.17) is 0 Å². The Kier molecular flexibility index (Phi) is 2.46. The van der Waals surface area contributed by atoms with Crippen LogP contribution >= 0.6 is 0 Å². The zero-order valence-electron chi connectivity index (χ0n) is 10.4. The summed E-state index contributed by atoms with van der Waals surface area (Å²) in [4.78, 5) is 6.53. The van der Waals surface area contributed by atoms with Gasteiger partial charge in [0.2, 0.25) is 0 Å². The van der Waals surface area contributed by atoms with E-state index in [-0.39, 0.29) is 0 Å². The second-order valence-corrected chi connectivity index (χ2v) is 4.11. The van der Waals surface area contributed by atoms with Gasteiger partial charge < -0.3 is 10.2 Å². The van der Waals surface area contributed by atoms with Crippen LogP contribution in [0.2, 0.25) is 0 Å². The van der Waals surface area contributed by atoms with Gasteiger partial charge in [-0.2, -0.15) is 5.10 Å². The first kappa shape index (κ1) is 10.7. The van der Waals surface area contributed by atoms with Crippen molar-refractivity contribution in [1.82, 2.24) is 14.8 Å². The maximum atomic E-state index is 4.52. The molecule has 0 aliphatic rings. The van der Waals surface area contributed by atoms with Crippen molar-refractivity contribution in [2.45, 2.75) is 6.92 Å². The number of aryl methyl sites for hydroxylation is 2. The summed E-state index contributed by atoms with van der Waals surface area (Å²) in [5.41, 5.74) is 2.10. The summed E-state index contributed by atoms with van der Waals surface area (Å²) >= 11 is 0. The minimum atomic E-state index is 0.873. The van der Waals surface area contributed by atoms with Crippen molar-refractivity contribution < 1.29 is 0 Å². The zero-order chi connectivity index (χ0) is 11.9. The normalized spacial score (nSPS) is 10.8. The highest BCUT2D eigenvalue weighted by Crippen LogP contribution is 2.27. The smallest absolute Gasteiger partial charge is 0.162 e. The standard InChI is InChI=1S/C11H17N5/c1-7-6-8(12-2)13-10-9(7)11(15(3)4)14-16(10)5/h6H,1-5H3,(H,12,13). The molecule has 0 aliphatic carbocycles. The van der Waals surface area contributed by atoms with E-state index in [0.29, 0.717) is 0 Å². The lowest BCUT2D eigenvalue weighted by Gasteiger charge is -2.09. The van der Waals surface area contributed by atoms with Gasteiger partial charge in [0, 0.05) is 28.2 Å². The number of anilines is 2. The summed E-state index contributed by atoms with van der Waals surface area (Å²) in [6.07, 6.45) is 0. The van der Waals surface area contributed by atoms with Crippen LogP contribution in [0, 0.1) is 6.92 Å². The van der Waals surface area contributed by atoms with Crippen molar-refractivity contribution in [2.24, 2.45) is 7.05 Å². The van der Waals surface area contributed by atoms with E-state index < -0.39 is 0 Å². The van der Waals surface area contributed by atoms with Gasteiger partial charge in [0.05, 0.1) is 5.39 Å². The van der Waals surface area contributed by atoms with Crippen LogP contribution in [0.1, 0.15) is 5.56 Å². The average Bonchev–Trinajstić information content (AvgIpc) is 2.57. The summed E-state index contributed by atoms with van der Waals surface area (Å²) < 4.78 is 1.82. The van der Waals surface area contributed by atoms with Gasteiger partial charge in [0.15, 0.2) is 11.5 Å². The molecule has 0 fully saturated rings. The molecule has 0 radical (unpaired) electrons. The highest BCUT2D eigenvalue weighted by atomic mass is 15.3. The number of rotatable bonds is 2. The Balaban J connectivity index is 2.80. The van der Waals surface area contributed by atoms with Crippen LogP contribution in [0.4, 0.5) is 11.6 Å². The van der Waals surface area contributed by atoms with Crippen molar-refractivity contribution in [3.05, 3.63) is 11.6 Å². The molecule has 2 aromatic heterocycles. The molecule has 0 saturated carbocycles. The molecule has 0 aliphatic heterocycles. The highest BCUT2D eigenvalue weighted by Gasteiger charge is 2.14. The number of fused-ring (bicyclic) bond motifs is 1. The zero-order valence-corrected chi connectivity index (χ0v) is 10.4. The third-order valence-corrected chi connectivity index (χ3v) is 2.65. The molecular formula is C11H17N5. The summed E-state index contributed by atoms with van der Waals surface area (Å²) in [6.45, 7) is 2.08. The molecular weight excluding hydrogens is 202 g/mol. The number of nitrogens with one attached hydrogen (secondary N) is 1. The molecule has 86 valence electrons. The number of aromatic nitrogens is 3. The summed E-state index contributed by atoms with van der Waals surface area (Å²) in [5.74, 6) is 1.84. The van der Waals surface area contributed by atoms with Crippen molar-refractivity contribution in [1.29, 1.82) is 0 Å². The van der Waals surface area contributed by atoms with Gasteiger partial charge in [-0.15, -0.1) is 0 Å². The van der Waals surface area contributed by atoms with Gasteiger partial charge in [-0.3, -0.25) is 0 Å². The molecule has 16 heavy (non-hydrogen) atoms. The topological polar surface area (TPSA) is 46.0 Å². The minimum Gasteiger partial charge on any atom is -0.373 e. The quantitative estimate of drug-likeness (QED) is 0.829. The predicted octanol–water partition coefficient (Wildman–Crippen LogP) is 1.38. The van der Waals surface area contributed by atoms with Crippen molar-refractivity contribution in [2.75, 3.05) is 31.4 Å². The lowest BCUT2D eigenvalue weighted by atomic mass is 10.2. The molecule has 1 N–H and O–H groups in total. The van der Waals surface area contributed by atoms with Crippen molar-refractivity contribution >= 4 is 22.7 Å². The first-order valence-electron chi connectivity index (χ1n) is 5.24. The number of hydrogen-bond donors (Lipinski definition) is 1. The van der Waals surface area contributed by atoms with Crippen LogP contribution in [0.3, 0.4) is 0 Å². The second kappa shape index (κ2) is 3.66. The Hall–Kier alpha value is -1.78. The van der Waals surface area contributed by atoms with Gasteiger partial charge in [0.1, 0.15) is 5.82 Å². The summed E-state index contributed by atoms with van der Waals surface area (Å²) in [7, 11) is 7.78. The Bertz CT molecular complexity index is 527. The van der Waals surface area contributed by atoms with E-state index in [1.54, 1.807) is 0 Å². The Labute approximate surface area is 95.1 Å². The lowest BCUT2D eigenvalue weighted by molar-refractivity contribution is 0.780. The molecule has 0 atom stereocenters. The molecule has 2 rings (SSSR count). The highest BCUT2D eigenvalue weighted by molar-refractivity contribution is 5.92. The lowest BCUT2D eigenvalue weighted by Crippen LogP contribution is -2.10. The number of pyridine rings is 1. The van der Waals surface area contributed by atoms with Crippen LogP contribution in [0.25, 0.3) is 11.0 Å². The average molecular weight is 219 g/mol. The van der Waals surface area contributed by atoms with Crippen molar-refractivity contribution in [3.8, 4) is 0 Å². The summed E-state index contributed by atoms with van der Waals surface area (Å²) in [5, 5.41) is 8.65. The maximum Gasteiger partial charge on any atom is 0.162 e. The fraction of sp³-hybridized carbons (Fsp3) is 0.455. The van der Waals surface area contributed by atoms with Crippen LogP contribution < -0.4 is 10.2 Å². The molecule has 0 bridgehead atoms. The van der Waals surface area contributed by atoms with E-state index >= 15 is 0 Å². The SMILES string of the molecule is CNc1cc(C)c2c(N(C)C)nn(C)c2n1. The van der Waals surface area contributed by atoms with Crippen LogP contribution in [-0.4, -0.2) is 35.9 Å².